The summed E-state index contributed by atoms with van der Waals surface area (Å²) >= 11 is 0. The third kappa shape index (κ3) is 3.42. The molecule has 2 heteroatoms. The number of benzene rings is 1. The highest BCUT2D eigenvalue weighted by atomic mass is 14.9. The predicted octanol–water partition coefficient (Wildman–Crippen LogP) is 3.79. The van der Waals surface area contributed by atoms with E-state index in [1.807, 2.05) is 13.1 Å². The number of hydrogen-bond acceptors (Lipinski definition) is 2. The molecule has 1 atom stereocenters. The molecule has 0 saturated carbocycles. The fraction of sp³-hybridized carbons (Fsp3) is 0.353. The SMILES string of the molecule is CCCNC(c1ccnc(C)c1)c1ccccc1C. The first kappa shape index (κ1) is 13.8. The van der Waals surface area contributed by atoms with E-state index in [9.17, 15) is 0 Å². The van der Waals surface area contributed by atoms with Gasteiger partial charge in [-0.15, -0.1) is 0 Å². The third-order valence-electron chi connectivity index (χ3n) is 3.35. The van der Waals surface area contributed by atoms with E-state index >= 15 is 0 Å². The Bertz CT molecular complexity index is 534. The molecule has 0 aliphatic carbocycles. The molecule has 0 amide bonds. The van der Waals surface area contributed by atoms with E-state index in [1.54, 1.807) is 0 Å². The molecule has 2 aromatic rings. The zero-order chi connectivity index (χ0) is 13.7. The number of hydrogen-bond donors (Lipinski definition) is 1. The maximum absolute atomic E-state index is 4.29. The van der Waals surface area contributed by atoms with Gasteiger partial charge in [0, 0.05) is 11.9 Å². The van der Waals surface area contributed by atoms with Gasteiger partial charge in [-0.25, -0.2) is 0 Å². The van der Waals surface area contributed by atoms with Crippen molar-refractivity contribution in [1.29, 1.82) is 0 Å². The zero-order valence-electron chi connectivity index (χ0n) is 12.0. The highest BCUT2D eigenvalue weighted by Gasteiger charge is 2.15. The average Bonchev–Trinajstić information content (AvgIpc) is 2.41. The van der Waals surface area contributed by atoms with E-state index in [0.717, 1.165) is 18.7 Å². The quantitative estimate of drug-likeness (QED) is 0.878. The van der Waals surface area contributed by atoms with E-state index in [0.29, 0.717) is 0 Å². The Morgan fingerprint density at radius 1 is 1.16 bits per heavy atom. The predicted molar refractivity (Wildman–Crippen MR) is 80.3 cm³/mol. The van der Waals surface area contributed by atoms with Crippen LogP contribution in [0.5, 0.6) is 0 Å². The molecule has 0 radical (unpaired) electrons. The maximum Gasteiger partial charge on any atom is 0.0580 e. The first-order chi connectivity index (χ1) is 9.22. The van der Waals surface area contributed by atoms with Crippen LogP contribution in [0.2, 0.25) is 0 Å². The molecule has 2 nitrogen and oxygen atoms in total. The monoisotopic (exact) mass is 254 g/mol. The summed E-state index contributed by atoms with van der Waals surface area (Å²) in [5, 5.41) is 3.64. The minimum atomic E-state index is 0.253. The number of nitrogens with one attached hydrogen (secondary N) is 1. The molecule has 1 unspecified atom stereocenters. The van der Waals surface area contributed by atoms with Crippen molar-refractivity contribution in [3.8, 4) is 0 Å². The smallest absolute Gasteiger partial charge is 0.0580 e. The van der Waals surface area contributed by atoms with Gasteiger partial charge in [-0.3, -0.25) is 4.98 Å². The van der Waals surface area contributed by atoms with Crippen LogP contribution in [0, 0.1) is 13.8 Å². The molecule has 1 N–H and O–H groups in total. The lowest BCUT2D eigenvalue weighted by molar-refractivity contribution is 0.595. The summed E-state index contributed by atoms with van der Waals surface area (Å²) in [6.07, 6.45) is 3.02. The summed E-state index contributed by atoms with van der Waals surface area (Å²) in [6, 6.07) is 13.1. The van der Waals surface area contributed by atoms with E-state index in [2.05, 4.69) is 60.5 Å². The third-order valence-corrected chi connectivity index (χ3v) is 3.35. The summed E-state index contributed by atoms with van der Waals surface area (Å²) < 4.78 is 0. The summed E-state index contributed by atoms with van der Waals surface area (Å²) in [7, 11) is 0. The Kier molecular flexibility index (Phi) is 4.69. The van der Waals surface area contributed by atoms with Gasteiger partial charge in [-0.2, -0.15) is 0 Å². The van der Waals surface area contributed by atoms with Gasteiger partial charge in [0.25, 0.3) is 0 Å². The van der Waals surface area contributed by atoms with Crippen molar-refractivity contribution >= 4 is 0 Å². The molecule has 0 bridgehead atoms. The Balaban J connectivity index is 2.38. The van der Waals surface area contributed by atoms with E-state index in [4.69, 9.17) is 0 Å². The van der Waals surface area contributed by atoms with Crippen LogP contribution >= 0.6 is 0 Å². The van der Waals surface area contributed by atoms with Crippen LogP contribution in [-0.2, 0) is 0 Å². The van der Waals surface area contributed by atoms with Crippen molar-refractivity contribution in [2.75, 3.05) is 6.54 Å². The average molecular weight is 254 g/mol. The van der Waals surface area contributed by atoms with Gasteiger partial charge in [-0.1, -0.05) is 31.2 Å². The van der Waals surface area contributed by atoms with Gasteiger partial charge in [0.15, 0.2) is 0 Å². The standard InChI is InChI=1S/C17H22N2/c1-4-10-19-17(15-9-11-18-14(3)12-15)16-8-6-5-7-13(16)2/h5-9,11-12,17,19H,4,10H2,1-3H3. The topological polar surface area (TPSA) is 24.9 Å². The lowest BCUT2D eigenvalue weighted by Crippen LogP contribution is -2.24. The molecule has 0 aliphatic heterocycles. The first-order valence-electron chi connectivity index (χ1n) is 6.94. The van der Waals surface area contributed by atoms with E-state index in [-0.39, 0.29) is 6.04 Å². The summed E-state index contributed by atoms with van der Waals surface area (Å²) in [5.74, 6) is 0. The van der Waals surface area contributed by atoms with Crippen molar-refractivity contribution in [3.05, 3.63) is 65.0 Å². The van der Waals surface area contributed by atoms with Gasteiger partial charge >= 0.3 is 0 Å². The molecular weight excluding hydrogens is 232 g/mol. The highest BCUT2D eigenvalue weighted by molar-refractivity contribution is 5.36. The summed E-state index contributed by atoms with van der Waals surface area (Å²) in [5.41, 5.74) is 5.02. The van der Waals surface area contributed by atoms with Crippen molar-refractivity contribution in [2.45, 2.75) is 33.2 Å². The van der Waals surface area contributed by atoms with E-state index < -0.39 is 0 Å². The minimum Gasteiger partial charge on any atom is -0.306 e. The first-order valence-corrected chi connectivity index (χ1v) is 6.94. The number of pyridine rings is 1. The lowest BCUT2D eigenvalue weighted by Gasteiger charge is -2.21. The molecular formula is C17H22N2. The number of nitrogens with zero attached hydrogens (tertiary/aromatic N) is 1. The number of aryl methyl sites for hydroxylation is 2. The van der Waals surface area contributed by atoms with Gasteiger partial charge < -0.3 is 5.32 Å². The molecule has 2 rings (SSSR count). The van der Waals surface area contributed by atoms with Gasteiger partial charge in [0.2, 0.25) is 0 Å². The Hall–Kier alpha value is -1.67. The fourth-order valence-electron chi connectivity index (χ4n) is 2.35. The van der Waals surface area contributed by atoms with Crippen LogP contribution < -0.4 is 5.32 Å². The highest BCUT2D eigenvalue weighted by Crippen LogP contribution is 2.24. The Morgan fingerprint density at radius 3 is 2.63 bits per heavy atom. The van der Waals surface area contributed by atoms with Crippen LogP contribution in [0.25, 0.3) is 0 Å². The van der Waals surface area contributed by atoms with Gasteiger partial charge in [0.05, 0.1) is 6.04 Å². The normalized spacial score (nSPS) is 12.4. The zero-order valence-corrected chi connectivity index (χ0v) is 12.0. The fourth-order valence-corrected chi connectivity index (χ4v) is 2.35. The van der Waals surface area contributed by atoms with Crippen molar-refractivity contribution in [2.24, 2.45) is 0 Å². The number of aromatic nitrogens is 1. The van der Waals surface area contributed by atoms with Crippen molar-refractivity contribution in [3.63, 3.8) is 0 Å². The second-order valence-corrected chi connectivity index (χ2v) is 4.97. The minimum absolute atomic E-state index is 0.253. The molecule has 1 aromatic carbocycles. The molecule has 1 aromatic heterocycles. The van der Waals surface area contributed by atoms with Crippen molar-refractivity contribution < 1.29 is 0 Å². The van der Waals surface area contributed by atoms with Crippen LogP contribution in [0.15, 0.2) is 42.6 Å². The Labute approximate surface area is 115 Å². The second-order valence-electron chi connectivity index (χ2n) is 4.97. The molecule has 0 spiro atoms. The molecule has 19 heavy (non-hydrogen) atoms. The molecule has 0 saturated heterocycles. The van der Waals surface area contributed by atoms with Crippen LogP contribution in [0.3, 0.4) is 0 Å². The van der Waals surface area contributed by atoms with Gasteiger partial charge in [0.1, 0.15) is 0 Å². The Morgan fingerprint density at radius 2 is 1.95 bits per heavy atom. The largest absolute Gasteiger partial charge is 0.306 e. The number of rotatable bonds is 5. The summed E-state index contributed by atoms with van der Waals surface area (Å²) in [6.45, 7) is 7.42. The summed E-state index contributed by atoms with van der Waals surface area (Å²) in [4.78, 5) is 4.29. The van der Waals surface area contributed by atoms with Gasteiger partial charge in [-0.05, 0) is 55.6 Å². The molecule has 0 fully saturated rings. The lowest BCUT2D eigenvalue weighted by atomic mass is 9.95. The maximum atomic E-state index is 4.29. The van der Waals surface area contributed by atoms with Crippen molar-refractivity contribution in [1.82, 2.24) is 10.3 Å². The van der Waals surface area contributed by atoms with E-state index in [1.165, 1.54) is 16.7 Å². The molecule has 1 heterocycles. The second kappa shape index (κ2) is 6.48. The van der Waals surface area contributed by atoms with Crippen LogP contribution in [-0.4, -0.2) is 11.5 Å². The molecule has 100 valence electrons. The van der Waals surface area contributed by atoms with Crippen LogP contribution in [0.1, 0.15) is 41.8 Å². The van der Waals surface area contributed by atoms with Crippen LogP contribution in [0.4, 0.5) is 0 Å². The molecule has 0 aliphatic rings.